The van der Waals surface area contributed by atoms with Crippen LogP contribution in [-0.2, 0) is 9.47 Å². The first-order chi connectivity index (χ1) is 11.8. The summed E-state index contributed by atoms with van der Waals surface area (Å²) in [6.07, 6.45) is 0.976. The number of ether oxygens (including phenoxy) is 2. The van der Waals surface area contributed by atoms with E-state index in [0.717, 1.165) is 24.3 Å². The van der Waals surface area contributed by atoms with Crippen molar-refractivity contribution in [2.24, 2.45) is 5.92 Å². The summed E-state index contributed by atoms with van der Waals surface area (Å²) >= 11 is 6.43. The third-order valence-corrected chi connectivity index (χ3v) is 4.76. The molecule has 1 rings (SSSR count). The SMILES string of the molecule is CCOC(=O)c1sc(NC(=S)NCCC(C)C)c(C(=O)OCC)c1C. The van der Waals surface area contributed by atoms with Gasteiger partial charge in [-0.25, -0.2) is 9.59 Å². The number of carbonyl (C=O) groups is 2. The molecule has 1 aromatic rings. The van der Waals surface area contributed by atoms with E-state index in [9.17, 15) is 9.59 Å². The standard InChI is InChI=1S/C17H26N2O4S2/c1-6-22-15(20)12-11(5)13(16(21)23-7-2)25-14(12)19-17(24)18-9-8-10(3)4/h10H,6-9H2,1-5H3,(H2,18,19,24). The molecule has 0 aromatic carbocycles. The summed E-state index contributed by atoms with van der Waals surface area (Å²) in [5.74, 6) is -0.383. The van der Waals surface area contributed by atoms with E-state index in [4.69, 9.17) is 21.7 Å². The van der Waals surface area contributed by atoms with E-state index >= 15 is 0 Å². The van der Waals surface area contributed by atoms with Gasteiger partial charge in [0, 0.05) is 6.54 Å². The number of thiophene rings is 1. The van der Waals surface area contributed by atoms with E-state index in [-0.39, 0.29) is 13.2 Å². The molecule has 1 heterocycles. The normalized spacial score (nSPS) is 10.5. The Morgan fingerprint density at radius 1 is 1.16 bits per heavy atom. The van der Waals surface area contributed by atoms with Crippen LogP contribution in [0.1, 0.15) is 59.7 Å². The first-order valence-corrected chi connectivity index (χ1v) is 9.56. The summed E-state index contributed by atoms with van der Waals surface area (Å²) in [5.41, 5.74) is 0.859. The Balaban J connectivity index is 3.02. The number of anilines is 1. The molecule has 25 heavy (non-hydrogen) atoms. The molecule has 0 aliphatic carbocycles. The highest BCUT2D eigenvalue weighted by molar-refractivity contribution is 7.80. The largest absolute Gasteiger partial charge is 0.462 e. The van der Waals surface area contributed by atoms with Crippen molar-refractivity contribution in [3.63, 3.8) is 0 Å². The van der Waals surface area contributed by atoms with E-state index in [1.165, 1.54) is 0 Å². The van der Waals surface area contributed by atoms with Crippen molar-refractivity contribution in [3.05, 3.63) is 16.0 Å². The van der Waals surface area contributed by atoms with Crippen molar-refractivity contribution in [2.75, 3.05) is 25.1 Å². The number of hydrogen-bond acceptors (Lipinski definition) is 6. The van der Waals surface area contributed by atoms with E-state index in [2.05, 4.69) is 24.5 Å². The van der Waals surface area contributed by atoms with Crippen LogP contribution in [0.4, 0.5) is 5.00 Å². The van der Waals surface area contributed by atoms with E-state index in [0.29, 0.717) is 32.0 Å². The monoisotopic (exact) mass is 386 g/mol. The summed E-state index contributed by atoms with van der Waals surface area (Å²) in [5, 5.41) is 7.01. The molecule has 0 radical (unpaired) electrons. The van der Waals surface area contributed by atoms with Crippen molar-refractivity contribution < 1.29 is 19.1 Å². The van der Waals surface area contributed by atoms with Crippen molar-refractivity contribution in [1.82, 2.24) is 5.32 Å². The Morgan fingerprint density at radius 3 is 2.32 bits per heavy atom. The van der Waals surface area contributed by atoms with Crippen LogP contribution in [0.3, 0.4) is 0 Å². The first-order valence-electron chi connectivity index (χ1n) is 8.34. The Labute approximate surface area is 158 Å². The fraction of sp³-hybridized carbons (Fsp3) is 0.588. The molecule has 6 nitrogen and oxygen atoms in total. The number of esters is 2. The van der Waals surface area contributed by atoms with Crippen LogP contribution >= 0.6 is 23.6 Å². The predicted molar refractivity (Wildman–Crippen MR) is 105 cm³/mol. The zero-order chi connectivity index (χ0) is 19.0. The van der Waals surface area contributed by atoms with Gasteiger partial charge in [-0.05, 0) is 50.9 Å². The fourth-order valence-corrected chi connectivity index (χ4v) is 3.43. The molecule has 0 aliphatic rings. The number of carbonyl (C=O) groups excluding carboxylic acids is 2. The molecule has 2 N–H and O–H groups in total. The molecule has 0 saturated carbocycles. The summed E-state index contributed by atoms with van der Waals surface area (Å²) in [4.78, 5) is 24.8. The number of thiocarbonyl (C=S) groups is 1. The van der Waals surface area contributed by atoms with Gasteiger partial charge >= 0.3 is 11.9 Å². The zero-order valence-corrected chi connectivity index (χ0v) is 17.0. The Hall–Kier alpha value is -1.67. The van der Waals surface area contributed by atoms with Crippen LogP contribution in [0, 0.1) is 12.8 Å². The molecule has 0 bridgehead atoms. The quantitative estimate of drug-likeness (QED) is 0.520. The highest BCUT2D eigenvalue weighted by Crippen LogP contribution is 2.34. The lowest BCUT2D eigenvalue weighted by molar-refractivity contribution is 0.0527. The van der Waals surface area contributed by atoms with Gasteiger partial charge in [-0.3, -0.25) is 0 Å². The van der Waals surface area contributed by atoms with E-state index in [1.807, 2.05) is 0 Å². The van der Waals surface area contributed by atoms with Crippen molar-refractivity contribution in [3.8, 4) is 0 Å². The maximum Gasteiger partial charge on any atom is 0.348 e. The molecular weight excluding hydrogens is 360 g/mol. The van der Waals surface area contributed by atoms with Crippen LogP contribution in [0.2, 0.25) is 0 Å². The van der Waals surface area contributed by atoms with Crippen LogP contribution < -0.4 is 10.6 Å². The topological polar surface area (TPSA) is 76.7 Å². The molecule has 0 saturated heterocycles. The van der Waals surface area contributed by atoms with Gasteiger partial charge in [0.05, 0.1) is 18.8 Å². The highest BCUT2D eigenvalue weighted by atomic mass is 32.1. The third-order valence-electron chi connectivity index (χ3n) is 3.32. The van der Waals surface area contributed by atoms with Gasteiger partial charge in [0.25, 0.3) is 0 Å². The molecule has 0 atom stereocenters. The molecule has 0 unspecified atom stereocenters. The molecule has 0 fully saturated rings. The Bertz CT molecular complexity index is 626. The summed E-state index contributed by atoms with van der Waals surface area (Å²) < 4.78 is 10.2. The molecule has 8 heteroatoms. The van der Waals surface area contributed by atoms with E-state index in [1.54, 1.807) is 20.8 Å². The Morgan fingerprint density at radius 2 is 1.76 bits per heavy atom. The maximum absolute atomic E-state index is 12.3. The molecule has 0 aliphatic heterocycles. The van der Waals surface area contributed by atoms with Crippen molar-refractivity contribution >= 4 is 45.6 Å². The average Bonchev–Trinajstić information content (AvgIpc) is 2.83. The molecule has 1 aromatic heterocycles. The second-order valence-electron chi connectivity index (χ2n) is 5.76. The average molecular weight is 387 g/mol. The Kier molecular flexibility index (Phi) is 8.85. The number of hydrogen-bond donors (Lipinski definition) is 2. The molecule has 0 amide bonds. The first kappa shape index (κ1) is 21.4. The maximum atomic E-state index is 12.3. The van der Waals surface area contributed by atoms with Crippen LogP contribution in [0.5, 0.6) is 0 Å². The highest BCUT2D eigenvalue weighted by Gasteiger charge is 2.26. The van der Waals surface area contributed by atoms with Gasteiger partial charge in [-0.1, -0.05) is 13.8 Å². The van der Waals surface area contributed by atoms with E-state index < -0.39 is 11.9 Å². The van der Waals surface area contributed by atoms with Crippen LogP contribution in [-0.4, -0.2) is 36.8 Å². The lowest BCUT2D eigenvalue weighted by Gasteiger charge is -2.11. The van der Waals surface area contributed by atoms with Gasteiger partial charge in [0.15, 0.2) is 5.11 Å². The number of nitrogens with one attached hydrogen (secondary N) is 2. The summed E-state index contributed by atoms with van der Waals surface area (Å²) in [7, 11) is 0. The fourth-order valence-electron chi connectivity index (χ4n) is 2.06. The van der Waals surface area contributed by atoms with Crippen LogP contribution in [0.25, 0.3) is 0 Å². The molecule has 140 valence electrons. The smallest absolute Gasteiger partial charge is 0.348 e. The lowest BCUT2D eigenvalue weighted by atomic mass is 10.1. The van der Waals surface area contributed by atoms with Gasteiger partial charge < -0.3 is 20.1 Å². The second kappa shape index (κ2) is 10.4. The third kappa shape index (κ3) is 6.28. The summed E-state index contributed by atoms with van der Waals surface area (Å²) in [6, 6.07) is 0. The zero-order valence-electron chi connectivity index (χ0n) is 15.4. The molecular formula is C17H26N2O4S2. The summed E-state index contributed by atoms with van der Waals surface area (Å²) in [6.45, 7) is 10.7. The predicted octanol–water partition coefficient (Wildman–Crippen LogP) is 3.74. The van der Waals surface area contributed by atoms with Crippen LogP contribution in [0.15, 0.2) is 0 Å². The lowest BCUT2D eigenvalue weighted by Crippen LogP contribution is -2.30. The van der Waals surface area contributed by atoms with Crippen molar-refractivity contribution in [1.29, 1.82) is 0 Å². The molecule has 0 spiro atoms. The van der Waals surface area contributed by atoms with Crippen molar-refractivity contribution in [2.45, 2.75) is 41.0 Å². The minimum Gasteiger partial charge on any atom is -0.462 e. The van der Waals surface area contributed by atoms with Gasteiger partial charge in [-0.2, -0.15) is 0 Å². The minimum absolute atomic E-state index is 0.249. The van der Waals surface area contributed by atoms with Gasteiger partial charge in [0.1, 0.15) is 9.88 Å². The van der Waals surface area contributed by atoms with Gasteiger partial charge in [-0.15, -0.1) is 11.3 Å². The number of rotatable bonds is 8. The van der Waals surface area contributed by atoms with Gasteiger partial charge in [0.2, 0.25) is 0 Å². The second-order valence-corrected chi connectivity index (χ2v) is 7.19. The minimum atomic E-state index is -0.487.